The molecule has 0 radical (unpaired) electrons. The van der Waals surface area contributed by atoms with Crippen molar-refractivity contribution in [3.8, 4) is 5.75 Å². The second-order valence-corrected chi connectivity index (χ2v) is 9.49. The molecule has 6 nitrogen and oxygen atoms in total. The highest BCUT2D eigenvalue weighted by atomic mass is 32.2. The van der Waals surface area contributed by atoms with Gasteiger partial charge in [-0.05, 0) is 68.5 Å². The summed E-state index contributed by atoms with van der Waals surface area (Å²) in [4.78, 5) is 12.6. The number of anilines is 1. The minimum Gasteiger partial charge on any atom is -0.483 e. The normalized spacial score (nSPS) is 15.1. The largest absolute Gasteiger partial charge is 0.483 e. The second kappa shape index (κ2) is 8.97. The van der Waals surface area contributed by atoms with Crippen LogP contribution in [0.2, 0.25) is 0 Å². The van der Waals surface area contributed by atoms with Gasteiger partial charge in [-0.3, -0.25) is 4.79 Å². The highest BCUT2D eigenvalue weighted by molar-refractivity contribution is 7.89. The zero-order valence-electron chi connectivity index (χ0n) is 17.2. The number of aryl methyl sites for hydroxylation is 3. The van der Waals surface area contributed by atoms with Gasteiger partial charge in [-0.25, -0.2) is 8.42 Å². The first kappa shape index (κ1) is 21.3. The Morgan fingerprint density at radius 1 is 1.00 bits per heavy atom. The molecule has 0 saturated carbocycles. The fourth-order valence-electron chi connectivity index (χ4n) is 3.34. The molecule has 29 heavy (non-hydrogen) atoms. The Morgan fingerprint density at radius 3 is 2.41 bits per heavy atom. The maximum absolute atomic E-state index is 12.9. The van der Waals surface area contributed by atoms with Crippen molar-refractivity contribution in [1.29, 1.82) is 0 Å². The third-order valence-corrected chi connectivity index (χ3v) is 7.03. The summed E-state index contributed by atoms with van der Waals surface area (Å²) in [6.07, 6.45) is 2.82. The standard InChI is InChI=1S/C22H28N2O4S/c1-16-7-8-18(3)21(13-16)28-15-22(25)23-20-14-19(10-9-17(20)2)29(26,27)24-11-5-4-6-12-24/h7-10,13-14H,4-6,11-12,15H2,1-3H3,(H,23,25). The van der Waals surface area contributed by atoms with Crippen LogP contribution in [0.5, 0.6) is 5.75 Å². The van der Waals surface area contributed by atoms with Crippen LogP contribution in [0.15, 0.2) is 41.3 Å². The molecule has 1 amide bonds. The molecule has 2 aromatic carbocycles. The van der Waals surface area contributed by atoms with Gasteiger partial charge in [0.05, 0.1) is 4.90 Å². The van der Waals surface area contributed by atoms with Crippen molar-refractivity contribution in [2.45, 2.75) is 44.9 Å². The summed E-state index contributed by atoms with van der Waals surface area (Å²) in [6.45, 7) is 6.66. The smallest absolute Gasteiger partial charge is 0.262 e. The molecule has 3 rings (SSSR count). The van der Waals surface area contributed by atoms with Crippen LogP contribution in [0.3, 0.4) is 0 Å². The number of carbonyl (C=O) groups is 1. The van der Waals surface area contributed by atoms with Crippen LogP contribution in [0.25, 0.3) is 0 Å². The zero-order valence-corrected chi connectivity index (χ0v) is 18.0. The number of hydrogen-bond donors (Lipinski definition) is 1. The molecule has 1 heterocycles. The summed E-state index contributed by atoms with van der Waals surface area (Å²) < 4.78 is 33.0. The molecule has 1 fully saturated rings. The lowest BCUT2D eigenvalue weighted by molar-refractivity contribution is -0.118. The van der Waals surface area contributed by atoms with Crippen molar-refractivity contribution in [1.82, 2.24) is 4.31 Å². The molecular weight excluding hydrogens is 388 g/mol. The highest BCUT2D eigenvalue weighted by Gasteiger charge is 2.26. The van der Waals surface area contributed by atoms with E-state index < -0.39 is 10.0 Å². The van der Waals surface area contributed by atoms with E-state index in [1.54, 1.807) is 12.1 Å². The van der Waals surface area contributed by atoms with Crippen molar-refractivity contribution in [2.24, 2.45) is 0 Å². The number of nitrogens with zero attached hydrogens (tertiary/aromatic N) is 1. The predicted octanol–water partition coefficient (Wildman–Crippen LogP) is 3.80. The van der Waals surface area contributed by atoms with Crippen LogP contribution in [0.1, 0.15) is 36.0 Å². The number of ether oxygens (including phenoxy) is 1. The monoisotopic (exact) mass is 416 g/mol. The van der Waals surface area contributed by atoms with E-state index in [9.17, 15) is 13.2 Å². The molecule has 0 unspecified atom stereocenters. The van der Waals surface area contributed by atoms with Crippen LogP contribution in [-0.4, -0.2) is 38.3 Å². The van der Waals surface area contributed by atoms with Crippen molar-refractivity contribution in [2.75, 3.05) is 25.0 Å². The molecule has 1 aliphatic heterocycles. The van der Waals surface area contributed by atoms with Crippen LogP contribution in [-0.2, 0) is 14.8 Å². The van der Waals surface area contributed by atoms with Gasteiger partial charge in [0.1, 0.15) is 5.75 Å². The SMILES string of the molecule is Cc1ccc(C)c(OCC(=O)Nc2cc(S(=O)(=O)N3CCCCC3)ccc2C)c1. The van der Waals surface area contributed by atoms with Crippen LogP contribution >= 0.6 is 0 Å². The van der Waals surface area contributed by atoms with Crippen LogP contribution in [0, 0.1) is 20.8 Å². The second-order valence-electron chi connectivity index (χ2n) is 7.55. The lowest BCUT2D eigenvalue weighted by Crippen LogP contribution is -2.35. The Bertz CT molecular complexity index is 996. The van der Waals surface area contributed by atoms with Crippen molar-refractivity contribution >= 4 is 21.6 Å². The van der Waals surface area contributed by atoms with Gasteiger partial charge < -0.3 is 10.1 Å². The molecule has 0 aliphatic carbocycles. The van der Waals surface area contributed by atoms with Crippen molar-refractivity contribution in [3.63, 3.8) is 0 Å². The van der Waals surface area contributed by atoms with Gasteiger partial charge in [0, 0.05) is 18.8 Å². The predicted molar refractivity (Wildman–Crippen MR) is 114 cm³/mol. The number of benzene rings is 2. The zero-order chi connectivity index (χ0) is 21.0. The van der Waals surface area contributed by atoms with E-state index in [1.807, 2.05) is 39.0 Å². The Morgan fingerprint density at radius 2 is 1.69 bits per heavy atom. The third kappa shape index (κ3) is 5.16. The van der Waals surface area contributed by atoms with Gasteiger partial charge in [-0.15, -0.1) is 0 Å². The fraction of sp³-hybridized carbons (Fsp3) is 0.409. The molecule has 7 heteroatoms. The van der Waals surface area contributed by atoms with E-state index in [1.165, 1.54) is 10.4 Å². The molecule has 0 aromatic heterocycles. The maximum Gasteiger partial charge on any atom is 0.262 e. The first-order valence-electron chi connectivity index (χ1n) is 9.88. The molecule has 0 spiro atoms. The van der Waals surface area contributed by atoms with Gasteiger partial charge in [-0.2, -0.15) is 4.31 Å². The molecule has 156 valence electrons. The molecule has 0 atom stereocenters. The van der Waals surface area contributed by atoms with Crippen LogP contribution in [0.4, 0.5) is 5.69 Å². The number of nitrogens with one attached hydrogen (secondary N) is 1. The minimum atomic E-state index is -3.55. The summed E-state index contributed by atoms with van der Waals surface area (Å²) in [5.74, 6) is 0.333. The third-order valence-electron chi connectivity index (χ3n) is 5.14. The Kier molecular flexibility index (Phi) is 6.59. The van der Waals surface area contributed by atoms with E-state index in [4.69, 9.17) is 4.74 Å². The maximum atomic E-state index is 12.9. The van der Waals surface area contributed by atoms with Gasteiger partial charge in [0.2, 0.25) is 10.0 Å². The van der Waals surface area contributed by atoms with Crippen molar-refractivity contribution < 1.29 is 17.9 Å². The topological polar surface area (TPSA) is 75.7 Å². The highest BCUT2D eigenvalue weighted by Crippen LogP contribution is 2.25. The molecule has 1 N–H and O–H groups in total. The first-order chi connectivity index (χ1) is 13.8. The minimum absolute atomic E-state index is 0.146. The quantitative estimate of drug-likeness (QED) is 0.777. The van der Waals surface area contributed by atoms with E-state index in [0.29, 0.717) is 24.5 Å². The van der Waals surface area contributed by atoms with E-state index in [0.717, 1.165) is 36.0 Å². The van der Waals surface area contributed by atoms with E-state index in [-0.39, 0.29) is 17.4 Å². The summed E-state index contributed by atoms with van der Waals surface area (Å²) in [7, 11) is -3.55. The number of hydrogen-bond acceptors (Lipinski definition) is 4. The van der Waals surface area contributed by atoms with E-state index >= 15 is 0 Å². The Hall–Kier alpha value is -2.38. The van der Waals surface area contributed by atoms with Gasteiger partial charge in [-0.1, -0.05) is 24.6 Å². The molecule has 1 saturated heterocycles. The summed E-state index contributed by atoms with van der Waals surface area (Å²) in [6, 6.07) is 10.7. The lowest BCUT2D eigenvalue weighted by atomic mass is 10.1. The van der Waals surface area contributed by atoms with Crippen molar-refractivity contribution in [3.05, 3.63) is 53.1 Å². The van der Waals surface area contributed by atoms with Crippen LogP contribution < -0.4 is 10.1 Å². The van der Waals surface area contributed by atoms with Gasteiger partial charge in [0.15, 0.2) is 6.61 Å². The number of piperidine rings is 1. The lowest BCUT2D eigenvalue weighted by Gasteiger charge is -2.26. The number of carbonyl (C=O) groups excluding carboxylic acids is 1. The number of sulfonamides is 1. The molecule has 1 aliphatic rings. The van der Waals surface area contributed by atoms with Gasteiger partial charge >= 0.3 is 0 Å². The van der Waals surface area contributed by atoms with E-state index in [2.05, 4.69) is 5.32 Å². The summed E-state index contributed by atoms with van der Waals surface area (Å²) >= 11 is 0. The summed E-state index contributed by atoms with van der Waals surface area (Å²) in [5.41, 5.74) is 3.28. The van der Waals surface area contributed by atoms with Gasteiger partial charge in [0.25, 0.3) is 5.91 Å². The number of amides is 1. The average molecular weight is 417 g/mol. The fourth-order valence-corrected chi connectivity index (χ4v) is 4.89. The molecule has 2 aromatic rings. The first-order valence-corrected chi connectivity index (χ1v) is 11.3. The Balaban J connectivity index is 1.71. The Labute approximate surface area is 172 Å². The molecule has 0 bridgehead atoms. The average Bonchev–Trinajstić information content (AvgIpc) is 2.71. The summed E-state index contributed by atoms with van der Waals surface area (Å²) in [5, 5.41) is 2.78. The number of rotatable bonds is 6. The molecular formula is C22H28N2O4S.